The normalized spacial score (nSPS) is 26.1. The molecule has 4 atom stereocenters. The van der Waals surface area contributed by atoms with E-state index in [1.807, 2.05) is 12.1 Å². The van der Waals surface area contributed by atoms with Crippen LogP contribution < -0.4 is 14.4 Å². The second-order valence-electron chi connectivity index (χ2n) is 10.4. The van der Waals surface area contributed by atoms with Crippen LogP contribution in [0.2, 0.25) is 0 Å². The van der Waals surface area contributed by atoms with Crippen molar-refractivity contribution in [1.82, 2.24) is 0 Å². The lowest BCUT2D eigenvalue weighted by molar-refractivity contribution is -0.123. The third-order valence-corrected chi connectivity index (χ3v) is 8.41. The Bertz CT molecular complexity index is 1520. The number of anilines is 1. The van der Waals surface area contributed by atoms with Crippen molar-refractivity contribution < 1.29 is 33.8 Å². The van der Waals surface area contributed by atoms with Crippen LogP contribution in [0.1, 0.15) is 31.2 Å². The minimum atomic E-state index is -0.670. The van der Waals surface area contributed by atoms with Crippen molar-refractivity contribution in [3.8, 4) is 17.2 Å². The number of phenolic OH excluding ortho intramolecular Hbond substituents is 1. The molecule has 0 saturated carbocycles. The predicted molar refractivity (Wildman–Crippen MR) is 141 cm³/mol. The van der Waals surface area contributed by atoms with Gasteiger partial charge >= 0.3 is 0 Å². The van der Waals surface area contributed by atoms with Crippen molar-refractivity contribution in [3.63, 3.8) is 0 Å². The molecular weight excluding hydrogens is 498 g/mol. The van der Waals surface area contributed by atoms with Crippen LogP contribution in [0.15, 0.2) is 76.9 Å². The van der Waals surface area contributed by atoms with Gasteiger partial charge in [0.25, 0.3) is 0 Å². The molecule has 8 nitrogen and oxygen atoms in total. The number of nitrogens with zero attached hydrogens (tertiary/aromatic N) is 1. The van der Waals surface area contributed by atoms with E-state index in [2.05, 4.69) is 0 Å². The Balaban J connectivity index is 1.53. The number of rotatable bonds is 4. The molecule has 1 N–H and O–H groups in total. The lowest BCUT2D eigenvalue weighted by Crippen LogP contribution is -2.39. The molecule has 0 bridgehead atoms. The fraction of sp³-hybridized carbons (Fsp3) is 0.290. The summed E-state index contributed by atoms with van der Waals surface area (Å²) in [6, 6.07) is 12.1. The molecule has 4 aliphatic rings. The Morgan fingerprint density at radius 1 is 0.923 bits per heavy atom. The molecule has 2 amide bonds. The number of benzene rings is 2. The third-order valence-electron chi connectivity index (χ3n) is 8.41. The zero-order chi connectivity index (χ0) is 27.6. The highest BCUT2D eigenvalue weighted by atomic mass is 16.5. The Morgan fingerprint density at radius 3 is 2.23 bits per heavy atom. The molecule has 4 unspecified atom stereocenters. The summed E-state index contributed by atoms with van der Waals surface area (Å²) in [5, 5.41) is 10.5. The molecule has 198 valence electrons. The average Bonchev–Trinajstić information content (AvgIpc) is 3.20. The van der Waals surface area contributed by atoms with Gasteiger partial charge in [0.15, 0.2) is 23.1 Å². The van der Waals surface area contributed by atoms with E-state index in [4.69, 9.17) is 9.47 Å². The van der Waals surface area contributed by atoms with E-state index in [-0.39, 0.29) is 47.1 Å². The number of phenols is 1. The molecule has 39 heavy (non-hydrogen) atoms. The van der Waals surface area contributed by atoms with Crippen molar-refractivity contribution in [2.75, 3.05) is 19.1 Å². The topological polar surface area (TPSA) is 110 Å². The predicted octanol–water partition coefficient (Wildman–Crippen LogP) is 4.04. The minimum absolute atomic E-state index is 0.159. The van der Waals surface area contributed by atoms with Gasteiger partial charge in [0.1, 0.15) is 0 Å². The lowest BCUT2D eigenvalue weighted by atomic mass is 9.59. The molecule has 8 heteroatoms. The number of ketones is 2. The summed E-state index contributed by atoms with van der Waals surface area (Å²) in [6.45, 7) is 1.62. The number of allylic oxidation sites excluding steroid dienone is 6. The van der Waals surface area contributed by atoms with Gasteiger partial charge < -0.3 is 14.6 Å². The zero-order valence-electron chi connectivity index (χ0n) is 21.8. The first-order valence-corrected chi connectivity index (χ1v) is 12.8. The smallest absolute Gasteiger partial charge is 0.238 e. The first-order chi connectivity index (χ1) is 18.8. The number of Topliss-reactive ketones (excluding diaryl/α,β-unsaturated/α-hetero) is 1. The number of fused-ring (bicyclic) bond motifs is 3. The Labute approximate surface area is 225 Å². The van der Waals surface area contributed by atoms with Gasteiger partial charge in [0, 0.05) is 22.6 Å². The summed E-state index contributed by atoms with van der Waals surface area (Å²) < 4.78 is 10.8. The van der Waals surface area contributed by atoms with Gasteiger partial charge in [-0.05, 0) is 61.6 Å². The third kappa shape index (κ3) is 3.58. The zero-order valence-corrected chi connectivity index (χ0v) is 21.8. The van der Waals surface area contributed by atoms with E-state index >= 15 is 0 Å². The molecule has 0 radical (unpaired) electrons. The van der Waals surface area contributed by atoms with Crippen molar-refractivity contribution in [2.45, 2.75) is 25.7 Å². The maximum atomic E-state index is 13.9. The molecule has 3 aliphatic carbocycles. The van der Waals surface area contributed by atoms with E-state index in [0.29, 0.717) is 34.4 Å². The summed E-state index contributed by atoms with van der Waals surface area (Å²) >= 11 is 0. The molecule has 0 spiro atoms. The number of hydrogen-bond acceptors (Lipinski definition) is 7. The summed E-state index contributed by atoms with van der Waals surface area (Å²) in [7, 11) is 2.83. The molecule has 6 rings (SSSR count). The van der Waals surface area contributed by atoms with Gasteiger partial charge in [0.05, 0.1) is 31.7 Å². The lowest BCUT2D eigenvalue weighted by Gasteiger charge is -2.42. The largest absolute Gasteiger partial charge is 0.502 e. The fourth-order valence-corrected chi connectivity index (χ4v) is 6.65. The van der Waals surface area contributed by atoms with Crippen LogP contribution in [0.4, 0.5) is 5.69 Å². The number of imide groups is 1. The quantitative estimate of drug-likeness (QED) is 0.364. The number of methoxy groups -OCH3 is 2. The van der Waals surface area contributed by atoms with E-state index < -0.39 is 23.7 Å². The Kier molecular flexibility index (Phi) is 5.79. The maximum Gasteiger partial charge on any atom is 0.238 e. The Morgan fingerprint density at radius 2 is 1.59 bits per heavy atom. The molecule has 0 aromatic heterocycles. The first kappa shape index (κ1) is 24.9. The summed E-state index contributed by atoms with van der Waals surface area (Å²) in [5.74, 6) is -3.24. The van der Waals surface area contributed by atoms with E-state index in [1.54, 1.807) is 43.3 Å². The van der Waals surface area contributed by atoms with Gasteiger partial charge in [-0.1, -0.05) is 29.8 Å². The monoisotopic (exact) mass is 525 g/mol. The number of carbonyl (C=O) groups excluding carboxylic acids is 4. The SMILES string of the molecule is COc1cc(C2C3=CCC4C(=O)N(c5ccccc5)C(=O)C4C3CC3=C2C(=O)C(C)=CC3=O)cc(OC)c1O. The van der Waals surface area contributed by atoms with E-state index in [0.717, 1.165) is 5.57 Å². The van der Waals surface area contributed by atoms with Crippen LogP contribution in [0.25, 0.3) is 0 Å². The first-order valence-electron chi connectivity index (χ1n) is 12.8. The molecule has 1 aliphatic heterocycles. The Hall–Kier alpha value is -4.46. The van der Waals surface area contributed by atoms with Crippen LogP contribution in [-0.2, 0) is 19.2 Å². The van der Waals surface area contributed by atoms with Crippen LogP contribution in [0.3, 0.4) is 0 Å². The van der Waals surface area contributed by atoms with Crippen LogP contribution >= 0.6 is 0 Å². The van der Waals surface area contributed by atoms with Crippen molar-refractivity contribution >= 4 is 29.1 Å². The maximum absolute atomic E-state index is 13.9. The minimum Gasteiger partial charge on any atom is -0.502 e. The van der Waals surface area contributed by atoms with Gasteiger partial charge in [0.2, 0.25) is 17.6 Å². The molecule has 2 aromatic carbocycles. The highest BCUT2D eigenvalue weighted by Crippen LogP contribution is 2.56. The highest BCUT2D eigenvalue weighted by molar-refractivity contribution is 6.25. The molecule has 1 fully saturated rings. The van der Waals surface area contributed by atoms with Gasteiger partial charge in [-0.3, -0.25) is 24.1 Å². The van der Waals surface area contributed by atoms with Gasteiger partial charge in [-0.2, -0.15) is 0 Å². The highest BCUT2D eigenvalue weighted by Gasteiger charge is 2.56. The van der Waals surface area contributed by atoms with Crippen molar-refractivity contribution in [1.29, 1.82) is 0 Å². The molecule has 1 saturated heterocycles. The summed E-state index contributed by atoms with van der Waals surface area (Å²) in [5.41, 5.74) is 3.01. The summed E-state index contributed by atoms with van der Waals surface area (Å²) in [4.78, 5) is 55.5. The molecular formula is C31H27NO7. The van der Waals surface area contributed by atoms with Crippen LogP contribution in [0.5, 0.6) is 17.2 Å². The number of carbonyl (C=O) groups is 4. The van der Waals surface area contributed by atoms with Crippen LogP contribution in [-0.4, -0.2) is 42.7 Å². The number of ether oxygens (including phenoxy) is 2. The summed E-state index contributed by atoms with van der Waals surface area (Å²) in [6.07, 6.45) is 3.84. The van der Waals surface area contributed by atoms with Gasteiger partial charge in [-0.15, -0.1) is 0 Å². The molecule has 1 heterocycles. The van der Waals surface area contributed by atoms with Gasteiger partial charge in [-0.25, -0.2) is 0 Å². The number of amides is 2. The number of hydrogen-bond donors (Lipinski definition) is 1. The standard InChI is InChI=1S/C31H27NO7/c1-15-11-22(33)21-14-20-18(9-10-19-26(20)31(37)32(30(19)36)17-7-5-4-6-8-17)25(27(21)28(15)34)16-12-23(38-2)29(35)24(13-16)39-3/h4-9,11-13,19-20,25-26,35H,10,14H2,1-3H3. The molecule has 2 aromatic rings. The number of para-hydroxylation sites is 1. The van der Waals surface area contributed by atoms with Crippen LogP contribution in [0, 0.1) is 17.8 Å². The van der Waals surface area contributed by atoms with E-state index in [9.17, 15) is 24.3 Å². The average molecular weight is 526 g/mol. The second-order valence-corrected chi connectivity index (χ2v) is 10.4. The second kappa shape index (κ2) is 9.08. The fourth-order valence-electron chi connectivity index (χ4n) is 6.65. The van der Waals surface area contributed by atoms with E-state index in [1.165, 1.54) is 25.2 Å². The van der Waals surface area contributed by atoms with Crippen molar-refractivity contribution in [3.05, 3.63) is 82.5 Å². The number of aromatic hydroxyl groups is 1. The van der Waals surface area contributed by atoms with Crippen molar-refractivity contribution in [2.24, 2.45) is 17.8 Å².